The Hall–Kier alpha value is -2.00. The van der Waals surface area contributed by atoms with Crippen LogP contribution in [-0.4, -0.2) is 15.3 Å². The molecule has 0 saturated carbocycles. The summed E-state index contributed by atoms with van der Waals surface area (Å²) in [5, 5.41) is 28.5. The number of aryl methyl sites for hydroxylation is 2. The second-order valence-electron chi connectivity index (χ2n) is 4.46. The normalized spacial score (nSPS) is 10.6. The van der Waals surface area contributed by atoms with Gasteiger partial charge in [0.25, 0.3) is 0 Å². The lowest BCUT2D eigenvalue weighted by molar-refractivity contribution is 0.275. The van der Waals surface area contributed by atoms with Gasteiger partial charge in [-0.05, 0) is 54.3 Å². The van der Waals surface area contributed by atoms with Gasteiger partial charge in [0.05, 0.1) is 6.61 Å². The summed E-state index contributed by atoms with van der Waals surface area (Å²) in [7, 11) is 0. The molecular weight excluding hydrogens is 228 g/mol. The maximum absolute atomic E-state index is 9.74. The molecule has 0 fully saturated rings. The molecule has 94 valence electrons. The maximum Gasteiger partial charge on any atom is 0.121 e. The minimum Gasteiger partial charge on any atom is -0.508 e. The van der Waals surface area contributed by atoms with Crippen LogP contribution in [0.4, 0.5) is 0 Å². The number of phenols is 2. The van der Waals surface area contributed by atoms with Crippen LogP contribution in [0.3, 0.4) is 0 Å². The van der Waals surface area contributed by atoms with Gasteiger partial charge in [0, 0.05) is 5.56 Å². The van der Waals surface area contributed by atoms with Gasteiger partial charge in [-0.1, -0.05) is 12.1 Å². The number of aromatic hydroxyl groups is 2. The number of benzene rings is 2. The third-order valence-electron chi connectivity index (χ3n) is 3.08. The lowest BCUT2D eigenvalue weighted by Crippen LogP contribution is -1.88. The lowest BCUT2D eigenvalue weighted by Gasteiger charge is -2.09. The predicted molar refractivity (Wildman–Crippen MR) is 70.6 cm³/mol. The van der Waals surface area contributed by atoms with E-state index < -0.39 is 0 Å². The van der Waals surface area contributed by atoms with Gasteiger partial charge >= 0.3 is 0 Å². The molecule has 3 N–H and O–H groups in total. The molecule has 0 bridgehead atoms. The van der Waals surface area contributed by atoms with E-state index in [1.165, 1.54) is 0 Å². The standard InChI is InChI=1S/C15H16O3/c1-9-5-13(6-10(2)15(9)18)11-3-4-12(8-16)14(17)7-11/h3-7,16-18H,8H2,1-2H3. The monoisotopic (exact) mass is 244 g/mol. The van der Waals surface area contributed by atoms with Gasteiger partial charge < -0.3 is 15.3 Å². The van der Waals surface area contributed by atoms with Crippen LogP contribution >= 0.6 is 0 Å². The Morgan fingerprint density at radius 1 is 0.889 bits per heavy atom. The molecule has 0 amide bonds. The van der Waals surface area contributed by atoms with Crippen molar-refractivity contribution in [2.24, 2.45) is 0 Å². The molecule has 3 heteroatoms. The van der Waals surface area contributed by atoms with Crippen molar-refractivity contribution in [3.63, 3.8) is 0 Å². The molecule has 2 aromatic carbocycles. The smallest absolute Gasteiger partial charge is 0.121 e. The van der Waals surface area contributed by atoms with Crippen molar-refractivity contribution < 1.29 is 15.3 Å². The van der Waals surface area contributed by atoms with Gasteiger partial charge in [0.15, 0.2) is 0 Å². The molecule has 18 heavy (non-hydrogen) atoms. The molecule has 0 aliphatic heterocycles. The number of hydrogen-bond acceptors (Lipinski definition) is 3. The quantitative estimate of drug-likeness (QED) is 0.761. The topological polar surface area (TPSA) is 60.7 Å². The van der Waals surface area contributed by atoms with E-state index in [-0.39, 0.29) is 12.4 Å². The van der Waals surface area contributed by atoms with Crippen LogP contribution in [0.25, 0.3) is 11.1 Å². The Kier molecular flexibility index (Phi) is 3.26. The summed E-state index contributed by atoms with van der Waals surface area (Å²) >= 11 is 0. The van der Waals surface area contributed by atoms with Crippen molar-refractivity contribution in [2.75, 3.05) is 0 Å². The van der Waals surface area contributed by atoms with Gasteiger partial charge in [-0.25, -0.2) is 0 Å². The maximum atomic E-state index is 9.74. The SMILES string of the molecule is Cc1cc(-c2ccc(CO)c(O)c2)cc(C)c1O. The Morgan fingerprint density at radius 2 is 1.50 bits per heavy atom. The number of phenolic OH excluding ortho intramolecular Hbond substituents is 1. The van der Waals surface area contributed by atoms with Crippen molar-refractivity contribution in [3.05, 3.63) is 47.0 Å². The van der Waals surface area contributed by atoms with Gasteiger partial charge in [0.1, 0.15) is 11.5 Å². The lowest BCUT2D eigenvalue weighted by atomic mass is 9.98. The Bertz CT molecular complexity index is 565. The first-order valence-electron chi connectivity index (χ1n) is 5.76. The molecule has 2 rings (SSSR count). The fourth-order valence-corrected chi connectivity index (χ4v) is 2.00. The average Bonchev–Trinajstić information content (AvgIpc) is 2.35. The van der Waals surface area contributed by atoms with E-state index in [4.69, 9.17) is 5.11 Å². The summed E-state index contributed by atoms with van der Waals surface area (Å²) in [5.74, 6) is 0.383. The first kappa shape index (κ1) is 12.5. The van der Waals surface area contributed by atoms with Crippen molar-refractivity contribution in [1.82, 2.24) is 0 Å². The summed E-state index contributed by atoms with van der Waals surface area (Å²) < 4.78 is 0. The third-order valence-corrected chi connectivity index (χ3v) is 3.08. The molecule has 0 spiro atoms. The molecule has 0 aliphatic carbocycles. The second-order valence-corrected chi connectivity index (χ2v) is 4.46. The first-order valence-corrected chi connectivity index (χ1v) is 5.76. The van der Waals surface area contributed by atoms with Crippen LogP contribution in [-0.2, 0) is 6.61 Å². The zero-order valence-corrected chi connectivity index (χ0v) is 10.4. The molecule has 0 unspecified atom stereocenters. The molecule has 0 atom stereocenters. The second kappa shape index (κ2) is 4.70. The molecule has 0 aromatic heterocycles. The summed E-state index contributed by atoms with van der Waals surface area (Å²) in [6.07, 6.45) is 0. The van der Waals surface area contributed by atoms with Crippen LogP contribution in [0.5, 0.6) is 11.5 Å². The largest absolute Gasteiger partial charge is 0.508 e. The molecule has 0 saturated heterocycles. The highest BCUT2D eigenvalue weighted by molar-refractivity contribution is 5.69. The molecular formula is C15H16O3. The minimum atomic E-state index is -0.181. The van der Waals surface area contributed by atoms with Crippen LogP contribution in [0.2, 0.25) is 0 Å². The number of hydrogen-bond donors (Lipinski definition) is 3. The Labute approximate surface area is 106 Å². The van der Waals surface area contributed by atoms with Crippen molar-refractivity contribution in [2.45, 2.75) is 20.5 Å². The zero-order valence-electron chi connectivity index (χ0n) is 10.4. The average molecular weight is 244 g/mol. The summed E-state index contributed by atoms with van der Waals surface area (Å²) in [5.41, 5.74) is 3.90. The van der Waals surface area contributed by atoms with Crippen LogP contribution in [0.1, 0.15) is 16.7 Å². The summed E-state index contributed by atoms with van der Waals surface area (Å²) in [6, 6.07) is 8.90. The number of aliphatic hydroxyl groups is 1. The van der Waals surface area contributed by atoms with E-state index >= 15 is 0 Å². The Balaban J connectivity index is 2.52. The van der Waals surface area contributed by atoms with Gasteiger partial charge in [-0.2, -0.15) is 0 Å². The fourth-order valence-electron chi connectivity index (χ4n) is 2.00. The van der Waals surface area contributed by atoms with E-state index in [9.17, 15) is 10.2 Å². The molecule has 0 radical (unpaired) electrons. The van der Waals surface area contributed by atoms with E-state index in [2.05, 4.69) is 0 Å². The molecule has 2 aromatic rings. The zero-order chi connectivity index (χ0) is 13.3. The molecule has 3 nitrogen and oxygen atoms in total. The van der Waals surface area contributed by atoms with E-state index in [1.54, 1.807) is 12.1 Å². The van der Waals surface area contributed by atoms with E-state index in [1.807, 2.05) is 32.0 Å². The highest BCUT2D eigenvalue weighted by Gasteiger charge is 2.07. The van der Waals surface area contributed by atoms with E-state index in [0.717, 1.165) is 22.3 Å². The van der Waals surface area contributed by atoms with Crippen LogP contribution in [0.15, 0.2) is 30.3 Å². The van der Waals surface area contributed by atoms with Gasteiger partial charge in [0.2, 0.25) is 0 Å². The molecule has 0 heterocycles. The van der Waals surface area contributed by atoms with Gasteiger partial charge in [-0.15, -0.1) is 0 Å². The van der Waals surface area contributed by atoms with E-state index in [0.29, 0.717) is 11.3 Å². The number of rotatable bonds is 2. The molecule has 0 aliphatic rings. The third kappa shape index (κ3) is 2.17. The minimum absolute atomic E-state index is 0.0818. The fraction of sp³-hybridized carbons (Fsp3) is 0.200. The van der Waals surface area contributed by atoms with Crippen LogP contribution < -0.4 is 0 Å². The highest BCUT2D eigenvalue weighted by atomic mass is 16.3. The van der Waals surface area contributed by atoms with Crippen molar-refractivity contribution >= 4 is 0 Å². The predicted octanol–water partition coefficient (Wildman–Crippen LogP) is 2.87. The van der Waals surface area contributed by atoms with Crippen molar-refractivity contribution in [3.8, 4) is 22.6 Å². The van der Waals surface area contributed by atoms with Crippen molar-refractivity contribution in [1.29, 1.82) is 0 Å². The van der Waals surface area contributed by atoms with Crippen LogP contribution in [0, 0.1) is 13.8 Å². The number of aliphatic hydroxyl groups excluding tert-OH is 1. The Morgan fingerprint density at radius 3 is 2.00 bits per heavy atom. The van der Waals surface area contributed by atoms with Gasteiger partial charge in [-0.3, -0.25) is 0 Å². The highest BCUT2D eigenvalue weighted by Crippen LogP contribution is 2.31. The summed E-state index contributed by atoms with van der Waals surface area (Å²) in [6.45, 7) is 3.50. The summed E-state index contributed by atoms with van der Waals surface area (Å²) in [4.78, 5) is 0. The first-order chi connectivity index (χ1) is 8.52.